The van der Waals surface area contributed by atoms with Gasteiger partial charge in [0.25, 0.3) is 0 Å². The molecule has 1 aliphatic heterocycles. The van der Waals surface area contributed by atoms with Gasteiger partial charge in [0.15, 0.2) is 0 Å². The van der Waals surface area contributed by atoms with Crippen LogP contribution in [0.1, 0.15) is 38.8 Å². The van der Waals surface area contributed by atoms with Gasteiger partial charge in [-0.2, -0.15) is 0 Å². The lowest BCUT2D eigenvalue weighted by atomic mass is 9.88. The number of hydrogen-bond acceptors (Lipinski definition) is 4. The van der Waals surface area contributed by atoms with Crippen LogP contribution in [0.4, 0.5) is 0 Å². The minimum absolute atomic E-state index is 0.298. The van der Waals surface area contributed by atoms with Crippen molar-refractivity contribution in [2.75, 3.05) is 7.05 Å². The Balaban J connectivity index is 2.12. The second-order valence-corrected chi connectivity index (χ2v) is 6.09. The van der Waals surface area contributed by atoms with Crippen molar-refractivity contribution in [2.24, 2.45) is 0 Å². The van der Waals surface area contributed by atoms with Gasteiger partial charge < -0.3 is 14.6 Å². The predicted octanol–water partition coefficient (Wildman–Crippen LogP) is 2.45. The molecular weight excluding hydrogens is 251 g/mol. The number of aromatic nitrogens is 1. The van der Waals surface area contributed by atoms with Crippen molar-refractivity contribution in [1.29, 1.82) is 0 Å². The first kappa shape index (κ1) is 15.2. The molecule has 1 aromatic rings. The SMILES string of the molecule is CNCc1cnccc1/C=C/B1OC(C)(C)C(C)(C)O1. The standard InChI is InChI=1S/C15H23BN2O2/c1-14(2)15(3,4)20-16(19-14)8-6-12-7-9-18-11-13(12)10-17-5/h6-9,11,17H,10H2,1-5H3/b8-6+. The average molecular weight is 274 g/mol. The molecule has 1 aromatic heterocycles. The van der Waals surface area contributed by atoms with Gasteiger partial charge in [0, 0.05) is 18.9 Å². The largest absolute Gasteiger partial charge is 0.487 e. The summed E-state index contributed by atoms with van der Waals surface area (Å²) < 4.78 is 11.9. The van der Waals surface area contributed by atoms with Crippen LogP contribution in [0, 0.1) is 0 Å². The zero-order valence-corrected chi connectivity index (χ0v) is 12.9. The van der Waals surface area contributed by atoms with Crippen LogP contribution in [0.2, 0.25) is 0 Å². The van der Waals surface area contributed by atoms with Crippen molar-refractivity contribution in [2.45, 2.75) is 45.4 Å². The molecule has 1 saturated heterocycles. The molecule has 0 spiro atoms. The minimum atomic E-state index is -0.310. The highest BCUT2D eigenvalue weighted by molar-refractivity contribution is 6.52. The molecule has 4 nitrogen and oxygen atoms in total. The molecule has 108 valence electrons. The Bertz CT molecular complexity index is 484. The van der Waals surface area contributed by atoms with Gasteiger partial charge in [-0.15, -0.1) is 0 Å². The lowest BCUT2D eigenvalue weighted by Crippen LogP contribution is -2.41. The van der Waals surface area contributed by atoms with E-state index in [-0.39, 0.29) is 18.3 Å². The van der Waals surface area contributed by atoms with Crippen LogP contribution in [0.15, 0.2) is 24.4 Å². The molecule has 1 N–H and O–H groups in total. The van der Waals surface area contributed by atoms with E-state index in [1.54, 1.807) is 6.20 Å². The number of pyridine rings is 1. The maximum absolute atomic E-state index is 5.95. The highest BCUT2D eigenvalue weighted by Gasteiger charge is 2.49. The molecule has 1 fully saturated rings. The third-order valence-corrected chi connectivity index (χ3v) is 4.01. The monoisotopic (exact) mass is 274 g/mol. The Morgan fingerprint density at radius 3 is 2.50 bits per heavy atom. The molecule has 0 aromatic carbocycles. The smallest absolute Gasteiger partial charge is 0.400 e. The first-order valence-corrected chi connectivity index (χ1v) is 6.97. The number of rotatable bonds is 4. The molecule has 2 rings (SSSR count). The lowest BCUT2D eigenvalue weighted by Gasteiger charge is -2.32. The van der Waals surface area contributed by atoms with Crippen LogP contribution < -0.4 is 5.32 Å². The maximum Gasteiger partial charge on any atom is 0.487 e. The molecule has 2 heterocycles. The molecule has 0 atom stereocenters. The normalized spacial score (nSPS) is 20.8. The van der Waals surface area contributed by atoms with Crippen LogP contribution >= 0.6 is 0 Å². The Morgan fingerprint density at radius 2 is 1.90 bits per heavy atom. The van der Waals surface area contributed by atoms with Gasteiger partial charge in [0.1, 0.15) is 0 Å². The van der Waals surface area contributed by atoms with Gasteiger partial charge in [0.2, 0.25) is 0 Å². The molecule has 20 heavy (non-hydrogen) atoms. The summed E-state index contributed by atoms with van der Waals surface area (Å²) in [6.07, 6.45) is 5.71. The van der Waals surface area contributed by atoms with Gasteiger partial charge in [0.05, 0.1) is 11.2 Å². The van der Waals surface area contributed by atoms with Crippen LogP contribution in [0.25, 0.3) is 6.08 Å². The van der Waals surface area contributed by atoms with E-state index < -0.39 is 0 Å². The topological polar surface area (TPSA) is 43.4 Å². The molecular formula is C15H23BN2O2. The Morgan fingerprint density at radius 1 is 1.25 bits per heavy atom. The van der Waals surface area contributed by atoms with Crippen LogP contribution in [0.3, 0.4) is 0 Å². The van der Waals surface area contributed by atoms with Gasteiger partial charge in [-0.3, -0.25) is 4.98 Å². The van der Waals surface area contributed by atoms with Gasteiger partial charge in [-0.05, 0) is 51.9 Å². The minimum Gasteiger partial charge on any atom is -0.400 e. The van der Waals surface area contributed by atoms with E-state index >= 15 is 0 Å². The summed E-state index contributed by atoms with van der Waals surface area (Å²) in [4.78, 5) is 4.15. The van der Waals surface area contributed by atoms with E-state index in [9.17, 15) is 0 Å². The fourth-order valence-electron chi connectivity index (χ4n) is 2.09. The first-order chi connectivity index (χ1) is 9.36. The van der Waals surface area contributed by atoms with Gasteiger partial charge in [-0.1, -0.05) is 12.1 Å². The number of nitrogens with one attached hydrogen (secondary N) is 1. The molecule has 0 saturated carbocycles. The van der Waals surface area contributed by atoms with E-state index in [1.807, 2.05) is 31.4 Å². The highest BCUT2D eigenvalue weighted by atomic mass is 16.7. The van der Waals surface area contributed by atoms with Crippen molar-refractivity contribution in [3.05, 3.63) is 35.6 Å². The maximum atomic E-state index is 5.95. The average Bonchev–Trinajstić information content (AvgIpc) is 2.57. The molecule has 0 aliphatic carbocycles. The van der Waals surface area contributed by atoms with E-state index in [0.717, 1.165) is 17.7 Å². The molecule has 0 bridgehead atoms. The summed E-state index contributed by atoms with van der Waals surface area (Å²) in [5, 5.41) is 3.14. The summed E-state index contributed by atoms with van der Waals surface area (Å²) >= 11 is 0. The van der Waals surface area contributed by atoms with Gasteiger partial charge in [-0.25, -0.2) is 0 Å². The molecule has 0 unspecified atom stereocenters. The van der Waals surface area contributed by atoms with Crippen molar-refractivity contribution >= 4 is 13.2 Å². The van der Waals surface area contributed by atoms with Crippen LogP contribution in [-0.4, -0.2) is 30.4 Å². The van der Waals surface area contributed by atoms with Crippen molar-refractivity contribution < 1.29 is 9.31 Å². The molecule has 5 heteroatoms. The second kappa shape index (κ2) is 5.68. The van der Waals surface area contributed by atoms with E-state index in [2.05, 4.69) is 38.0 Å². The Hall–Kier alpha value is -1.17. The van der Waals surface area contributed by atoms with Crippen LogP contribution in [0.5, 0.6) is 0 Å². The van der Waals surface area contributed by atoms with E-state index in [4.69, 9.17) is 9.31 Å². The Kier molecular flexibility index (Phi) is 4.32. The molecule has 1 aliphatic rings. The van der Waals surface area contributed by atoms with Gasteiger partial charge >= 0.3 is 7.12 Å². The van der Waals surface area contributed by atoms with Crippen molar-refractivity contribution in [3.63, 3.8) is 0 Å². The predicted molar refractivity (Wildman–Crippen MR) is 82.1 cm³/mol. The summed E-state index contributed by atoms with van der Waals surface area (Å²) in [5.74, 6) is 1.96. The highest BCUT2D eigenvalue weighted by Crippen LogP contribution is 2.37. The molecule has 0 amide bonds. The Labute approximate surface area is 121 Å². The van der Waals surface area contributed by atoms with Crippen molar-refractivity contribution in [3.8, 4) is 0 Å². The number of hydrogen-bond donors (Lipinski definition) is 1. The third kappa shape index (κ3) is 3.11. The van der Waals surface area contributed by atoms with E-state index in [1.165, 1.54) is 0 Å². The zero-order chi connectivity index (χ0) is 14.8. The summed E-state index contributed by atoms with van der Waals surface area (Å²) in [7, 11) is 1.62. The second-order valence-electron chi connectivity index (χ2n) is 6.09. The summed E-state index contributed by atoms with van der Waals surface area (Å²) in [5.41, 5.74) is 1.69. The molecule has 0 radical (unpaired) electrons. The third-order valence-electron chi connectivity index (χ3n) is 4.01. The quantitative estimate of drug-likeness (QED) is 0.856. The van der Waals surface area contributed by atoms with Crippen molar-refractivity contribution in [1.82, 2.24) is 10.3 Å². The lowest BCUT2D eigenvalue weighted by molar-refractivity contribution is 0.00578. The summed E-state index contributed by atoms with van der Waals surface area (Å²) in [6, 6.07) is 1.99. The zero-order valence-electron chi connectivity index (χ0n) is 12.9. The fourth-order valence-corrected chi connectivity index (χ4v) is 2.09. The number of nitrogens with zero attached hydrogens (tertiary/aromatic N) is 1. The van der Waals surface area contributed by atoms with E-state index in [0.29, 0.717) is 0 Å². The van der Waals surface area contributed by atoms with Crippen LogP contribution in [-0.2, 0) is 15.9 Å². The summed E-state index contributed by atoms with van der Waals surface area (Å²) in [6.45, 7) is 9.01. The first-order valence-electron chi connectivity index (χ1n) is 6.97. The fraction of sp³-hybridized carbons (Fsp3) is 0.533.